The normalized spacial score (nSPS) is 19.3. The van der Waals surface area contributed by atoms with Crippen LogP contribution < -0.4 is 10.6 Å². The van der Waals surface area contributed by atoms with Crippen molar-refractivity contribution in [1.29, 1.82) is 0 Å². The predicted octanol–water partition coefficient (Wildman–Crippen LogP) is 0.715. The fourth-order valence-corrected chi connectivity index (χ4v) is 2.44. The lowest BCUT2D eigenvalue weighted by Crippen LogP contribution is -2.56. The number of nitrogens with one attached hydrogen (secondary N) is 3. The fraction of sp³-hybridized carbons (Fsp3) is 0.286. The molecule has 19 heavy (non-hydrogen) atoms. The quantitative estimate of drug-likeness (QED) is 0.757. The number of hydrogen-bond donors (Lipinski definition) is 3. The van der Waals surface area contributed by atoms with E-state index < -0.39 is 6.04 Å². The molecular weight excluding hydrogens is 242 g/mol. The lowest BCUT2D eigenvalue weighted by molar-refractivity contribution is -0.133. The zero-order valence-electron chi connectivity index (χ0n) is 10.4. The van der Waals surface area contributed by atoms with Crippen molar-refractivity contribution < 1.29 is 9.59 Å². The van der Waals surface area contributed by atoms with E-state index in [4.69, 9.17) is 0 Å². The number of aromatic nitrogens is 1. The average molecular weight is 257 g/mol. The molecule has 1 aromatic carbocycles. The molecule has 1 aromatic heterocycles. The highest BCUT2D eigenvalue weighted by Crippen LogP contribution is 2.19. The zero-order valence-corrected chi connectivity index (χ0v) is 10.4. The minimum atomic E-state index is -0.421. The third-order valence-corrected chi connectivity index (χ3v) is 3.45. The van der Waals surface area contributed by atoms with Gasteiger partial charge in [-0.1, -0.05) is 18.2 Å². The molecule has 2 heterocycles. The molecule has 0 spiro atoms. The van der Waals surface area contributed by atoms with Crippen molar-refractivity contribution in [2.24, 2.45) is 0 Å². The molecule has 5 heteroatoms. The Bertz CT molecular complexity index is 632. The fourth-order valence-electron chi connectivity index (χ4n) is 2.44. The SMILES string of the molecule is O=C1CNC(=O)C(CCc2c[nH]c3ccccc23)N1. The Morgan fingerprint density at radius 3 is 2.95 bits per heavy atom. The van der Waals surface area contributed by atoms with E-state index in [0.29, 0.717) is 6.42 Å². The van der Waals surface area contributed by atoms with Crippen LogP contribution in [-0.2, 0) is 16.0 Å². The molecule has 2 amide bonds. The van der Waals surface area contributed by atoms with Gasteiger partial charge in [-0.05, 0) is 24.5 Å². The molecule has 0 saturated carbocycles. The summed E-state index contributed by atoms with van der Waals surface area (Å²) < 4.78 is 0. The molecule has 1 aliphatic rings. The van der Waals surface area contributed by atoms with E-state index >= 15 is 0 Å². The van der Waals surface area contributed by atoms with Crippen LogP contribution in [0.25, 0.3) is 10.9 Å². The molecule has 5 nitrogen and oxygen atoms in total. The van der Waals surface area contributed by atoms with Gasteiger partial charge in [-0.3, -0.25) is 9.59 Å². The van der Waals surface area contributed by atoms with Gasteiger partial charge in [0.1, 0.15) is 6.04 Å². The van der Waals surface area contributed by atoms with Gasteiger partial charge in [-0.15, -0.1) is 0 Å². The molecule has 0 bridgehead atoms. The third-order valence-electron chi connectivity index (χ3n) is 3.45. The number of aryl methyl sites for hydroxylation is 1. The van der Waals surface area contributed by atoms with Crippen LogP contribution in [0.2, 0.25) is 0 Å². The second kappa shape index (κ2) is 4.76. The summed E-state index contributed by atoms with van der Waals surface area (Å²) in [5.41, 5.74) is 2.26. The Kier molecular flexibility index (Phi) is 2.95. The van der Waals surface area contributed by atoms with Crippen LogP contribution in [0.15, 0.2) is 30.5 Å². The summed E-state index contributed by atoms with van der Waals surface area (Å²) in [5, 5.41) is 6.48. The molecule has 0 radical (unpaired) electrons. The van der Waals surface area contributed by atoms with Gasteiger partial charge in [-0.2, -0.15) is 0 Å². The summed E-state index contributed by atoms with van der Waals surface area (Å²) in [7, 11) is 0. The maximum absolute atomic E-state index is 11.6. The van der Waals surface area contributed by atoms with E-state index in [9.17, 15) is 9.59 Å². The highest BCUT2D eigenvalue weighted by molar-refractivity contribution is 5.94. The Morgan fingerprint density at radius 2 is 2.05 bits per heavy atom. The van der Waals surface area contributed by atoms with Crippen molar-refractivity contribution in [3.63, 3.8) is 0 Å². The number of rotatable bonds is 3. The molecule has 1 fully saturated rings. The first-order chi connectivity index (χ1) is 9.24. The van der Waals surface area contributed by atoms with Gasteiger partial charge in [-0.25, -0.2) is 0 Å². The monoisotopic (exact) mass is 257 g/mol. The Balaban J connectivity index is 1.72. The van der Waals surface area contributed by atoms with Crippen molar-refractivity contribution in [1.82, 2.24) is 15.6 Å². The van der Waals surface area contributed by atoms with Crippen LogP contribution in [0.3, 0.4) is 0 Å². The van der Waals surface area contributed by atoms with Crippen LogP contribution in [0.4, 0.5) is 0 Å². The molecule has 0 aliphatic carbocycles. The zero-order chi connectivity index (χ0) is 13.2. The number of amides is 2. The number of piperazine rings is 1. The van der Waals surface area contributed by atoms with Crippen molar-refractivity contribution >= 4 is 22.7 Å². The number of H-pyrrole nitrogens is 1. The smallest absolute Gasteiger partial charge is 0.243 e. The van der Waals surface area contributed by atoms with Crippen LogP contribution >= 0.6 is 0 Å². The highest BCUT2D eigenvalue weighted by atomic mass is 16.2. The van der Waals surface area contributed by atoms with E-state index in [2.05, 4.69) is 21.7 Å². The van der Waals surface area contributed by atoms with Gasteiger partial charge in [0, 0.05) is 17.1 Å². The average Bonchev–Trinajstić information content (AvgIpc) is 2.83. The van der Waals surface area contributed by atoms with Crippen molar-refractivity contribution in [3.8, 4) is 0 Å². The Morgan fingerprint density at radius 1 is 1.21 bits per heavy atom. The molecule has 98 valence electrons. The molecule has 1 unspecified atom stereocenters. The summed E-state index contributed by atoms with van der Waals surface area (Å²) in [5.74, 6) is -0.219. The Labute approximate surface area is 110 Å². The van der Waals surface area contributed by atoms with E-state index in [0.717, 1.165) is 11.9 Å². The Hall–Kier alpha value is -2.30. The minimum absolute atomic E-state index is 0.0857. The number of para-hydroxylation sites is 1. The third kappa shape index (κ3) is 2.31. The largest absolute Gasteiger partial charge is 0.361 e. The maximum atomic E-state index is 11.6. The number of fused-ring (bicyclic) bond motifs is 1. The van der Waals surface area contributed by atoms with Gasteiger partial charge in [0.05, 0.1) is 6.54 Å². The molecule has 3 N–H and O–H groups in total. The number of benzene rings is 1. The second-order valence-electron chi connectivity index (χ2n) is 4.74. The van der Waals surface area contributed by atoms with Crippen molar-refractivity contribution in [3.05, 3.63) is 36.0 Å². The predicted molar refractivity (Wildman–Crippen MR) is 71.6 cm³/mol. The van der Waals surface area contributed by atoms with E-state index in [1.807, 2.05) is 24.4 Å². The summed E-state index contributed by atoms with van der Waals surface area (Å²) in [6.45, 7) is 0.0857. The second-order valence-corrected chi connectivity index (χ2v) is 4.74. The van der Waals surface area contributed by atoms with Gasteiger partial charge in [0.15, 0.2) is 0 Å². The van der Waals surface area contributed by atoms with Crippen LogP contribution in [0, 0.1) is 0 Å². The first-order valence-corrected chi connectivity index (χ1v) is 6.36. The number of aromatic amines is 1. The standard InChI is InChI=1S/C14H15N3O2/c18-13-8-16-14(19)12(17-13)6-5-9-7-15-11-4-2-1-3-10(9)11/h1-4,7,12,15H,5-6,8H2,(H,16,19)(H,17,18). The number of carbonyl (C=O) groups excluding carboxylic acids is 2. The topological polar surface area (TPSA) is 74.0 Å². The van der Waals surface area contributed by atoms with Crippen molar-refractivity contribution in [2.75, 3.05) is 6.54 Å². The molecule has 3 rings (SSSR count). The van der Waals surface area contributed by atoms with Gasteiger partial charge >= 0.3 is 0 Å². The van der Waals surface area contributed by atoms with Gasteiger partial charge in [0.2, 0.25) is 11.8 Å². The summed E-state index contributed by atoms with van der Waals surface area (Å²) in [6, 6.07) is 7.63. The summed E-state index contributed by atoms with van der Waals surface area (Å²) in [4.78, 5) is 26.1. The van der Waals surface area contributed by atoms with Crippen molar-refractivity contribution in [2.45, 2.75) is 18.9 Å². The van der Waals surface area contributed by atoms with Crippen LogP contribution in [0.5, 0.6) is 0 Å². The first kappa shape index (κ1) is 11.8. The molecule has 1 saturated heterocycles. The maximum Gasteiger partial charge on any atom is 0.243 e. The lowest BCUT2D eigenvalue weighted by Gasteiger charge is -2.22. The van der Waals surface area contributed by atoms with E-state index in [-0.39, 0.29) is 18.4 Å². The highest BCUT2D eigenvalue weighted by Gasteiger charge is 2.25. The minimum Gasteiger partial charge on any atom is -0.361 e. The summed E-state index contributed by atoms with van der Waals surface area (Å²) in [6.07, 6.45) is 3.33. The molecular formula is C14H15N3O2. The van der Waals surface area contributed by atoms with E-state index in [1.54, 1.807) is 0 Å². The summed E-state index contributed by atoms with van der Waals surface area (Å²) >= 11 is 0. The number of carbonyl (C=O) groups is 2. The van der Waals surface area contributed by atoms with Gasteiger partial charge in [0.25, 0.3) is 0 Å². The van der Waals surface area contributed by atoms with Crippen LogP contribution in [-0.4, -0.2) is 29.4 Å². The molecule has 1 atom stereocenters. The van der Waals surface area contributed by atoms with Crippen LogP contribution in [0.1, 0.15) is 12.0 Å². The lowest BCUT2D eigenvalue weighted by atomic mass is 10.0. The van der Waals surface area contributed by atoms with Gasteiger partial charge < -0.3 is 15.6 Å². The molecule has 1 aliphatic heterocycles. The first-order valence-electron chi connectivity index (χ1n) is 6.36. The van der Waals surface area contributed by atoms with E-state index in [1.165, 1.54) is 10.9 Å². The number of hydrogen-bond acceptors (Lipinski definition) is 2. The molecule has 2 aromatic rings.